The molecule has 96 valence electrons. The van der Waals surface area contributed by atoms with Crippen LogP contribution in [0.2, 0.25) is 0 Å². The normalized spacial score (nSPS) is 9.89. The number of nitriles is 1. The van der Waals surface area contributed by atoms with Gasteiger partial charge in [-0.3, -0.25) is 4.79 Å². The van der Waals surface area contributed by atoms with E-state index in [-0.39, 0.29) is 5.91 Å². The van der Waals surface area contributed by atoms with Crippen LogP contribution in [-0.4, -0.2) is 20.7 Å². The lowest BCUT2D eigenvalue weighted by Crippen LogP contribution is -2.24. The summed E-state index contributed by atoms with van der Waals surface area (Å²) < 4.78 is 1.85. The molecule has 0 atom stereocenters. The van der Waals surface area contributed by atoms with Crippen LogP contribution in [0.5, 0.6) is 0 Å². The molecule has 1 aromatic heterocycles. The Morgan fingerprint density at radius 2 is 2.37 bits per heavy atom. The molecule has 0 spiro atoms. The lowest BCUT2D eigenvalue weighted by molar-refractivity contribution is 0.0949. The molecule has 19 heavy (non-hydrogen) atoms. The monoisotopic (exact) mass is 255 g/mol. The van der Waals surface area contributed by atoms with Crippen molar-refractivity contribution < 1.29 is 4.79 Å². The van der Waals surface area contributed by atoms with Crippen LogP contribution < -0.4 is 5.32 Å². The number of hydrogen-bond donors (Lipinski definition) is 1. The second kappa shape index (κ2) is 5.78. The molecule has 6 nitrogen and oxygen atoms in total. The maximum atomic E-state index is 11.9. The van der Waals surface area contributed by atoms with Crippen molar-refractivity contribution in [3.8, 4) is 6.07 Å². The van der Waals surface area contributed by atoms with E-state index in [2.05, 4.69) is 15.5 Å². The van der Waals surface area contributed by atoms with Crippen LogP contribution in [0.3, 0.4) is 0 Å². The number of carbonyl (C=O) groups excluding carboxylic acids is 1. The molecule has 2 aromatic rings. The van der Waals surface area contributed by atoms with E-state index >= 15 is 0 Å². The zero-order valence-electron chi connectivity index (χ0n) is 10.5. The number of aromatic nitrogens is 3. The molecule has 1 amide bonds. The number of benzene rings is 1. The van der Waals surface area contributed by atoms with Gasteiger partial charge in [-0.15, -0.1) is 10.2 Å². The first-order chi connectivity index (χ1) is 9.24. The van der Waals surface area contributed by atoms with E-state index in [1.165, 1.54) is 0 Å². The molecule has 1 heterocycles. The molecule has 1 aromatic carbocycles. The minimum atomic E-state index is -0.234. The zero-order valence-corrected chi connectivity index (χ0v) is 10.5. The maximum absolute atomic E-state index is 11.9. The number of rotatable bonds is 4. The van der Waals surface area contributed by atoms with Crippen LogP contribution >= 0.6 is 0 Å². The Bertz CT molecular complexity index is 626. The fraction of sp³-hybridized carbons (Fsp3) is 0.231. The Labute approximate surface area is 110 Å². The number of aryl methyl sites for hydroxylation is 1. The topological polar surface area (TPSA) is 83.6 Å². The van der Waals surface area contributed by atoms with Gasteiger partial charge in [0.1, 0.15) is 6.33 Å². The number of nitrogens with one attached hydrogen (secondary N) is 1. The Kier molecular flexibility index (Phi) is 3.88. The second-order valence-electron chi connectivity index (χ2n) is 3.91. The molecule has 0 unspecified atom stereocenters. The van der Waals surface area contributed by atoms with E-state index in [0.717, 1.165) is 6.54 Å². The highest BCUT2D eigenvalue weighted by molar-refractivity contribution is 5.94. The van der Waals surface area contributed by atoms with Gasteiger partial charge in [-0.05, 0) is 25.1 Å². The van der Waals surface area contributed by atoms with Crippen molar-refractivity contribution in [1.82, 2.24) is 20.1 Å². The van der Waals surface area contributed by atoms with Gasteiger partial charge in [-0.2, -0.15) is 5.26 Å². The highest BCUT2D eigenvalue weighted by Crippen LogP contribution is 2.04. The van der Waals surface area contributed by atoms with Crippen LogP contribution in [-0.2, 0) is 13.1 Å². The third kappa shape index (κ3) is 2.96. The Hall–Kier alpha value is -2.68. The van der Waals surface area contributed by atoms with Crippen LogP contribution in [0.1, 0.15) is 28.7 Å². The summed E-state index contributed by atoms with van der Waals surface area (Å²) in [5.41, 5.74) is 0.922. The molecule has 6 heteroatoms. The standard InChI is InChI=1S/C13H13N5O/c1-2-18-9-16-17-12(18)8-15-13(19)11-5-3-4-10(6-11)7-14/h3-6,9H,2,8H2,1H3,(H,15,19). The molecule has 1 N–H and O–H groups in total. The molecule has 0 aliphatic rings. The number of hydrogen-bond acceptors (Lipinski definition) is 4. The Morgan fingerprint density at radius 1 is 1.53 bits per heavy atom. The van der Waals surface area contributed by atoms with Crippen LogP contribution in [0, 0.1) is 11.3 Å². The first-order valence-electron chi connectivity index (χ1n) is 5.89. The van der Waals surface area contributed by atoms with E-state index < -0.39 is 0 Å². The van der Waals surface area contributed by atoms with Crippen molar-refractivity contribution in [2.75, 3.05) is 0 Å². The van der Waals surface area contributed by atoms with E-state index in [4.69, 9.17) is 5.26 Å². The summed E-state index contributed by atoms with van der Waals surface area (Å²) in [5.74, 6) is 0.468. The summed E-state index contributed by atoms with van der Waals surface area (Å²) in [6, 6.07) is 8.57. The van der Waals surface area contributed by atoms with Gasteiger partial charge in [0.05, 0.1) is 18.2 Å². The third-order valence-electron chi connectivity index (χ3n) is 2.70. The van der Waals surface area contributed by atoms with Gasteiger partial charge in [0.2, 0.25) is 0 Å². The highest BCUT2D eigenvalue weighted by Gasteiger charge is 2.08. The van der Waals surface area contributed by atoms with Gasteiger partial charge < -0.3 is 9.88 Å². The number of amides is 1. The summed E-state index contributed by atoms with van der Waals surface area (Å²) in [4.78, 5) is 11.9. The molecule has 0 saturated carbocycles. The van der Waals surface area contributed by atoms with Crippen molar-refractivity contribution >= 4 is 5.91 Å². The third-order valence-corrected chi connectivity index (χ3v) is 2.70. The maximum Gasteiger partial charge on any atom is 0.251 e. The fourth-order valence-corrected chi connectivity index (χ4v) is 1.67. The molecular formula is C13H13N5O. The predicted octanol–water partition coefficient (Wildman–Crippen LogP) is 1.10. The summed E-state index contributed by atoms with van der Waals surface area (Å²) in [5, 5.41) is 19.3. The van der Waals surface area contributed by atoms with Crippen molar-refractivity contribution in [3.63, 3.8) is 0 Å². The average molecular weight is 255 g/mol. The highest BCUT2D eigenvalue weighted by atomic mass is 16.1. The summed E-state index contributed by atoms with van der Waals surface area (Å²) in [7, 11) is 0. The van der Waals surface area contributed by atoms with Crippen molar-refractivity contribution in [2.45, 2.75) is 20.0 Å². The van der Waals surface area contributed by atoms with Crippen LogP contribution in [0.4, 0.5) is 0 Å². The van der Waals surface area contributed by atoms with E-state index in [9.17, 15) is 4.79 Å². The van der Waals surface area contributed by atoms with Crippen LogP contribution in [0.25, 0.3) is 0 Å². The summed E-state index contributed by atoms with van der Waals surface area (Å²) in [6.07, 6.45) is 1.62. The van der Waals surface area contributed by atoms with Gasteiger partial charge in [-0.1, -0.05) is 6.07 Å². The Balaban J connectivity index is 2.03. The van der Waals surface area contributed by atoms with Crippen LogP contribution in [0.15, 0.2) is 30.6 Å². The van der Waals surface area contributed by atoms with Gasteiger partial charge in [-0.25, -0.2) is 0 Å². The second-order valence-corrected chi connectivity index (χ2v) is 3.91. The lowest BCUT2D eigenvalue weighted by atomic mass is 10.1. The Morgan fingerprint density at radius 3 is 3.11 bits per heavy atom. The van der Waals surface area contributed by atoms with Crippen molar-refractivity contribution in [2.24, 2.45) is 0 Å². The van der Waals surface area contributed by atoms with E-state index in [0.29, 0.717) is 23.5 Å². The molecule has 0 saturated heterocycles. The quantitative estimate of drug-likeness (QED) is 0.886. The number of nitrogens with zero attached hydrogens (tertiary/aromatic N) is 4. The molecule has 0 aliphatic heterocycles. The first-order valence-corrected chi connectivity index (χ1v) is 5.89. The van der Waals surface area contributed by atoms with Crippen molar-refractivity contribution in [1.29, 1.82) is 5.26 Å². The van der Waals surface area contributed by atoms with Gasteiger partial charge in [0.15, 0.2) is 5.82 Å². The molecule has 0 bridgehead atoms. The number of carbonyl (C=O) groups is 1. The largest absolute Gasteiger partial charge is 0.345 e. The smallest absolute Gasteiger partial charge is 0.251 e. The SMILES string of the molecule is CCn1cnnc1CNC(=O)c1cccc(C#N)c1. The van der Waals surface area contributed by atoms with Gasteiger partial charge >= 0.3 is 0 Å². The average Bonchev–Trinajstić information content (AvgIpc) is 2.92. The minimum Gasteiger partial charge on any atom is -0.345 e. The van der Waals surface area contributed by atoms with Crippen molar-refractivity contribution in [3.05, 3.63) is 47.5 Å². The van der Waals surface area contributed by atoms with Gasteiger partial charge in [0, 0.05) is 12.1 Å². The molecule has 0 radical (unpaired) electrons. The zero-order chi connectivity index (χ0) is 13.7. The molecule has 0 aliphatic carbocycles. The molecule has 0 fully saturated rings. The predicted molar refractivity (Wildman–Crippen MR) is 68.0 cm³/mol. The fourth-order valence-electron chi connectivity index (χ4n) is 1.67. The van der Waals surface area contributed by atoms with E-state index in [1.54, 1.807) is 30.6 Å². The minimum absolute atomic E-state index is 0.234. The lowest BCUT2D eigenvalue weighted by Gasteiger charge is -2.06. The summed E-state index contributed by atoms with van der Waals surface area (Å²) >= 11 is 0. The molecular weight excluding hydrogens is 242 g/mol. The molecule has 2 rings (SSSR count). The van der Waals surface area contributed by atoms with E-state index in [1.807, 2.05) is 17.6 Å². The van der Waals surface area contributed by atoms with Gasteiger partial charge in [0.25, 0.3) is 5.91 Å². The summed E-state index contributed by atoms with van der Waals surface area (Å²) in [6.45, 7) is 3.04. The first kappa shape index (κ1) is 12.8.